The van der Waals surface area contributed by atoms with Gasteiger partial charge in [0.15, 0.2) is 12.4 Å². The third-order valence-electron chi connectivity index (χ3n) is 3.11. The maximum Gasteiger partial charge on any atom is 0.264 e. The minimum atomic E-state index is -0.405. The first-order valence-electron chi connectivity index (χ1n) is 6.02. The second-order valence-electron chi connectivity index (χ2n) is 4.31. The number of benzene rings is 1. The van der Waals surface area contributed by atoms with E-state index < -0.39 is 5.78 Å². The van der Waals surface area contributed by atoms with Crippen molar-refractivity contribution in [3.05, 3.63) is 82.6 Å². The van der Waals surface area contributed by atoms with Crippen LogP contribution in [0.25, 0.3) is 10.9 Å². The summed E-state index contributed by atoms with van der Waals surface area (Å²) in [7, 11) is 0. The van der Waals surface area contributed by atoms with Crippen LogP contribution >= 0.6 is 0 Å². The standard InChI is InChI=1S/C15H10N2O3/c18-15(14-7-3-4-9-16(14)19)12-8-10-17(20)13-6-2-1-5-11(12)13/h1-10H. The largest absolute Gasteiger partial charge is 0.618 e. The Hall–Kier alpha value is -2.95. The molecule has 0 saturated heterocycles. The number of aromatic nitrogens is 2. The minimum absolute atomic E-state index is 0.0290. The highest BCUT2D eigenvalue weighted by Crippen LogP contribution is 2.17. The molecule has 0 aliphatic rings. The maximum absolute atomic E-state index is 12.5. The van der Waals surface area contributed by atoms with Gasteiger partial charge >= 0.3 is 0 Å². The lowest BCUT2D eigenvalue weighted by atomic mass is 10.0. The summed E-state index contributed by atoms with van der Waals surface area (Å²) < 4.78 is 1.22. The first-order valence-corrected chi connectivity index (χ1v) is 6.02. The van der Waals surface area contributed by atoms with Crippen molar-refractivity contribution in [3.8, 4) is 0 Å². The van der Waals surface area contributed by atoms with Crippen LogP contribution in [-0.4, -0.2) is 5.78 Å². The van der Waals surface area contributed by atoms with Gasteiger partial charge in [-0.25, -0.2) is 0 Å². The number of ketones is 1. The van der Waals surface area contributed by atoms with E-state index in [9.17, 15) is 15.2 Å². The highest BCUT2D eigenvalue weighted by Gasteiger charge is 2.21. The molecule has 0 amide bonds. The Morgan fingerprint density at radius 3 is 2.40 bits per heavy atom. The van der Waals surface area contributed by atoms with E-state index >= 15 is 0 Å². The van der Waals surface area contributed by atoms with Crippen molar-refractivity contribution in [1.82, 2.24) is 0 Å². The van der Waals surface area contributed by atoms with Crippen LogP contribution in [0, 0.1) is 10.4 Å². The number of nitrogens with zero attached hydrogens (tertiary/aromatic N) is 2. The molecule has 1 aromatic carbocycles. The molecule has 3 aromatic rings. The van der Waals surface area contributed by atoms with Gasteiger partial charge in [0.25, 0.3) is 11.5 Å². The van der Waals surface area contributed by atoms with E-state index in [1.54, 1.807) is 36.4 Å². The number of carbonyl (C=O) groups is 1. The predicted molar refractivity (Wildman–Crippen MR) is 71.7 cm³/mol. The SMILES string of the molecule is O=C(c1cc[n+]([O-])c2ccccc12)c1cccc[n+]1[O-]. The molecular formula is C15H10N2O3. The summed E-state index contributed by atoms with van der Waals surface area (Å²) in [4.78, 5) is 12.5. The lowest BCUT2D eigenvalue weighted by Gasteiger charge is -2.06. The monoisotopic (exact) mass is 266 g/mol. The van der Waals surface area contributed by atoms with Crippen molar-refractivity contribution in [3.63, 3.8) is 0 Å². The Bertz CT molecular complexity index is 815. The van der Waals surface area contributed by atoms with Gasteiger partial charge in [-0.3, -0.25) is 4.79 Å². The quantitative estimate of drug-likeness (QED) is 0.399. The highest BCUT2D eigenvalue weighted by molar-refractivity contribution is 6.13. The van der Waals surface area contributed by atoms with E-state index in [1.165, 1.54) is 24.5 Å². The molecule has 0 atom stereocenters. The number of fused-ring (bicyclic) bond motifs is 1. The van der Waals surface area contributed by atoms with Crippen LogP contribution in [0.4, 0.5) is 0 Å². The first-order chi connectivity index (χ1) is 9.68. The van der Waals surface area contributed by atoms with Gasteiger partial charge < -0.3 is 10.4 Å². The zero-order valence-electron chi connectivity index (χ0n) is 10.4. The van der Waals surface area contributed by atoms with Gasteiger partial charge in [-0.1, -0.05) is 12.1 Å². The van der Waals surface area contributed by atoms with Gasteiger partial charge in [0.2, 0.25) is 5.52 Å². The molecule has 0 fully saturated rings. The molecular weight excluding hydrogens is 256 g/mol. The van der Waals surface area contributed by atoms with Crippen molar-refractivity contribution < 1.29 is 14.3 Å². The van der Waals surface area contributed by atoms with Crippen LogP contribution in [-0.2, 0) is 0 Å². The van der Waals surface area contributed by atoms with Crippen LogP contribution in [0.1, 0.15) is 16.1 Å². The Kier molecular flexibility index (Phi) is 2.80. The number of pyridine rings is 2. The zero-order chi connectivity index (χ0) is 14.1. The molecule has 0 spiro atoms. The van der Waals surface area contributed by atoms with Crippen molar-refractivity contribution in [2.45, 2.75) is 0 Å². The van der Waals surface area contributed by atoms with Crippen LogP contribution in [0.2, 0.25) is 0 Å². The summed E-state index contributed by atoms with van der Waals surface area (Å²) in [5.41, 5.74) is 0.761. The normalized spacial score (nSPS) is 10.6. The van der Waals surface area contributed by atoms with Crippen molar-refractivity contribution in [2.24, 2.45) is 0 Å². The van der Waals surface area contributed by atoms with Gasteiger partial charge in [-0.2, -0.15) is 9.46 Å². The van der Waals surface area contributed by atoms with E-state index in [-0.39, 0.29) is 5.69 Å². The fraction of sp³-hybridized carbons (Fsp3) is 0. The van der Waals surface area contributed by atoms with E-state index in [0.29, 0.717) is 25.9 Å². The number of carbonyl (C=O) groups excluding carboxylic acids is 1. The van der Waals surface area contributed by atoms with Crippen LogP contribution in [0.5, 0.6) is 0 Å². The summed E-state index contributed by atoms with van der Waals surface area (Å²) >= 11 is 0. The number of para-hydroxylation sites is 1. The molecule has 5 nitrogen and oxygen atoms in total. The average Bonchev–Trinajstić information content (AvgIpc) is 2.48. The second kappa shape index (κ2) is 4.62. The van der Waals surface area contributed by atoms with Crippen LogP contribution in [0.15, 0.2) is 60.9 Å². The van der Waals surface area contributed by atoms with Gasteiger partial charge in [0.1, 0.15) is 0 Å². The Balaban J connectivity index is 2.23. The van der Waals surface area contributed by atoms with Crippen LogP contribution in [0.3, 0.4) is 0 Å². The third kappa shape index (κ3) is 1.85. The number of rotatable bonds is 2. The smallest absolute Gasteiger partial charge is 0.264 e. The molecule has 20 heavy (non-hydrogen) atoms. The molecule has 5 heteroatoms. The van der Waals surface area contributed by atoms with Crippen molar-refractivity contribution in [2.75, 3.05) is 0 Å². The molecule has 0 radical (unpaired) electrons. The van der Waals surface area contributed by atoms with Gasteiger partial charge in [-0.05, 0) is 12.1 Å². The van der Waals surface area contributed by atoms with E-state index in [1.807, 2.05) is 0 Å². The third-order valence-corrected chi connectivity index (χ3v) is 3.11. The van der Waals surface area contributed by atoms with Gasteiger partial charge in [0.05, 0.1) is 5.39 Å². The first kappa shape index (κ1) is 12.1. The number of hydrogen-bond acceptors (Lipinski definition) is 3. The maximum atomic E-state index is 12.5. The Labute approximate surface area is 114 Å². The van der Waals surface area contributed by atoms with Crippen molar-refractivity contribution >= 4 is 16.7 Å². The fourth-order valence-electron chi connectivity index (χ4n) is 2.15. The Morgan fingerprint density at radius 2 is 1.60 bits per heavy atom. The molecule has 98 valence electrons. The summed E-state index contributed by atoms with van der Waals surface area (Å²) in [6.07, 6.45) is 2.54. The number of hydrogen-bond donors (Lipinski definition) is 0. The highest BCUT2D eigenvalue weighted by atomic mass is 16.5. The summed E-state index contributed by atoms with van der Waals surface area (Å²) in [5, 5.41) is 23.9. The lowest BCUT2D eigenvalue weighted by Crippen LogP contribution is -2.34. The average molecular weight is 266 g/mol. The summed E-state index contributed by atoms with van der Waals surface area (Å²) in [5.74, 6) is -0.405. The topological polar surface area (TPSA) is 71.0 Å². The van der Waals surface area contributed by atoms with E-state index in [2.05, 4.69) is 0 Å². The fourth-order valence-corrected chi connectivity index (χ4v) is 2.15. The molecule has 0 N–H and O–H groups in total. The summed E-state index contributed by atoms with van der Waals surface area (Å²) in [6, 6.07) is 12.9. The van der Waals surface area contributed by atoms with E-state index in [4.69, 9.17) is 0 Å². The predicted octanol–water partition coefficient (Wildman–Crippen LogP) is 1.34. The zero-order valence-corrected chi connectivity index (χ0v) is 10.4. The van der Waals surface area contributed by atoms with E-state index in [0.717, 1.165) is 0 Å². The van der Waals surface area contributed by atoms with Gasteiger partial charge in [-0.15, -0.1) is 0 Å². The molecule has 0 aliphatic carbocycles. The lowest BCUT2D eigenvalue weighted by molar-refractivity contribution is -0.607. The molecule has 0 bridgehead atoms. The Morgan fingerprint density at radius 1 is 0.850 bits per heavy atom. The van der Waals surface area contributed by atoms with Crippen LogP contribution < -0.4 is 9.46 Å². The molecule has 2 heterocycles. The van der Waals surface area contributed by atoms with Crippen molar-refractivity contribution in [1.29, 1.82) is 0 Å². The molecule has 3 rings (SSSR count). The molecule has 2 aromatic heterocycles. The molecule has 0 unspecified atom stereocenters. The molecule has 0 aliphatic heterocycles. The second-order valence-corrected chi connectivity index (χ2v) is 4.31. The molecule has 0 saturated carbocycles. The summed E-state index contributed by atoms with van der Waals surface area (Å²) in [6.45, 7) is 0. The minimum Gasteiger partial charge on any atom is -0.618 e. The van der Waals surface area contributed by atoms with Gasteiger partial charge in [0, 0.05) is 29.8 Å².